The maximum absolute atomic E-state index is 13.1. The number of hydrogen-bond acceptors (Lipinski definition) is 5. The molecule has 4 rings (SSSR count). The van der Waals surface area contributed by atoms with Crippen LogP contribution < -0.4 is 9.47 Å². The summed E-state index contributed by atoms with van der Waals surface area (Å²) in [4.78, 5) is 16.6. The molecule has 2 aliphatic heterocycles. The average Bonchev–Trinajstić information content (AvgIpc) is 2.70. The van der Waals surface area contributed by atoms with E-state index in [2.05, 4.69) is 4.74 Å². The highest BCUT2D eigenvalue weighted by Gasteiger charge is 2.48. The minimum atomic E-state index is -4.85. The van der Waals surface area contributed by atoms with Gasteiger partial charge in [-0.15, -0.1) is 13.2 Å². The zero-order chi connectivity index (χ0) is 23.1. The highest BCUT2D eigenvalue weighted by Crippen LogP contribution is 2.45. The van der Waals surface area contributed by atoms with Gasteiger partial charge in [0, 0.05) is 25.2 Å². The summed E-state index contributed by atoms with van der Waals surface area (Å²) in [7, 11) is 0. The molecule has 6 nitrogen and oxygen atoms in total. The van der Waals surface area contributed by atoms with E-state index in [0.717, 1.165) is 11.6 Å². The van der Waals surface area contributed by atoms with Gasteiger partial charge in [-0.2, -0.15) is 0 Å². The van der Waals surface area contributed by atoms with Crippen molar-refractivity contribution in [2.45, 2.75) is 44.5 Å². The zero-order valence-corrected chi connectivity index (χ0v) is 17.8. The van der Waals surface area contributed by atoms with Gasteiger partial charge in [-0.05, 0) is 37.6 Å². The van der Waals surface area contributed by atoms with Crippen LogP contribution in [-0.4, -0.2) is 58.5 Å². The van der Waals surface area contributed by atoms with Crippen molar-refractivity contribution >= 4 is 5.91 Å². The molecule has 1 N–H and O–H groups in total. The van der Waals surface area contributed by atoms with Crippen LogP contribution in [0.4, 0.5) is 13.2 Å². The molecule has 9 heteroatoms. The summed E-state index contributed by atoms with van der Waals surface area (Å²) >= 11 is 0. The van der Waals surface area contributed by atoms with Crippen molar-refractivity contribution in [2.24, 2.45) is 0 Å². The van der Waals surface area contributed by atoms with E-state index in [9.17, 15) is 23.1 Å². The van der Waals surface area contributed by atoms with Crippen LogP contribution in [0.3, 0.4) is 0 Å². The van der Waals surface area contributed by atoms with E-state index in [1.54, 1.807) is 13.8 Å². The Bertz CT molecular complexity index is 981. The number of nitrogens with zero attached hydrogens (tertiary/aromatic N) is 2. The van der Waals surface area contributed by atoms with E-state index in [1.807, 2.05) is 35.2 Å². The average molecular weight is 450 g/mol. The molecule has 32 heavy (non-hydrogen) atoms. The van der Waals surface area contributed by atoms with Crippen molar-refractivity contribution in [1.29, 1.82) is 0 Å². The molecule has 2 aliphatic rings. The van der Waals surface area contributed by atoms with Gasteiger partial charge in [-0.25, -0.2) is 0 Å². The first-order chi connectivity index (χ1) is 15.0. The minimum absolute atomic E-state index is 0.146. The standard InChI is InChI=1S/C23H25F3N2O4/c1-22(2)21(30)20(17-12-16(31-23(24,25)26)8-9-18(17)32-22)28-11-10-27(14-19(28)29)13-15-6-4-3-5-7-15/h3-9,12,20-21,30H,10-11,13-14H2,1-2H3/t20-,21+/m0/s1. The lowest BCUT2D eigenvalue weighted by molar-refractivity contribution is -0.274. The number of alkyl halides is 3. The van der Waals surface area contributed by atoms with Gasteiger partial charge in [0.25, 0.3) is 0 Å². The lowest BCUT2D eigenvalue weighted by Gasteiger charge is -2.48. The number of aliphatic hydroxyl groups excluding tert-OH is 1. The number of carbonyl (C=O) groups is 1. The summed E-state index contributed by atoms with van der Waals surface area (Å²) in [6, 6.07) is 12.7. The van der Waals surface area contributed by atoms with Crippen molar-refractivity contribution in [1.82, 2.24) is 9.80 Å². The Kier molecular flexibility index (Phi) is 5.81. The zero-order valence-electron chi connectivity index (χ0n) is 17.8. The second kappa shape index (κ2) is 8.29. The number of rotatable bonds is 4. The van der Waals surface area contributed by atoms with Crippen LogP contribution in [0.2, 0.25) is 0 Å². The minimum Gasteiger partial charge on any atom is -0.485 e. The normalized spacial score (nSPS) is 23.4. The van der Waals surface area contributed by atoms with Crippen LogP contribution in [0.1, 0.15) is 31.0 Å². The molecule has 1 saturated heterocycles. The van der Waals surface area contributed by atoms with Crippen molar-refractivity contribution in [3.8, 4) is 11.5 Å². The first kappa shape index (κ1) is 22.4. The molecule has 0 aliphatic carbocycles. The SMILES string of the molecule is CC1(C)Oc2ccc(OC(F)(F)F)cc2[C@H](N2CCN(Cc3ccccc3)CC2=O)[C@H]1O. The Morgan fingerprint density at radius 2 is 1.88 bits per heavy atom. The fraction of sp³-hybridized carbons (Fsp3) is 0.435. The quantitative estimate of drug-likeness (QED) is 0.773. The van der Waals surface area contributed by atoms with E-state index in [4.69, 9.17) is 4.74 Å². The monoisotopic (exact) mass is 450 g/mol. The number of hydrogen-bond donors (Lipinski definition) is 1. The third-order valence-corrected chi connectivity index (χ3v) is 5.84. The van der Waals surface area contributed by atoms with E-state index < -0.39 is 29.9 Å². The number of fused-ring (bicyclic) bond motifs is 1. The van der Waals surface area contributed by atoms with Gasteiger partial charge in [0.2, 0.25) is 5.91 Å². The maximum atomic E-state index is 13.1. The van der Waals surface area contributed by atoms with Gasteiger partial charge in [-0.1, -0.05) is 30.3 Å². The third-order valence-electron chi connectivity index (χ3n) is 5.84. The van der Waals surface area contributed by atoms with Crippen LogP contribution in [-0.2, 0) is 11.3 Å². The number of piperazine rings is 1. The lowest BCUT2D eigenvalue weighted by Crippen LogP contribution is -2.59. The smallest absolute Gasteiger partial charge is 0.485 e. The Morgan fingerprint density at radius 3 is 2.53 bits per heavy atom. The first-order valence-electron chi connectivity index (χ1n) is 10.4. The van der Waals surface area contributed by atoms with Gasteiger partial charge < -0.3 is 19.5 Å². The van der Waals surface area contributed by atoms with Crippen LogP contribution in [0.25, 0.3) is 0 Å². The summed E-state index contributed by atoms with van der Waals surface area (Å²) in [5, 5.41) is 11.0. The van der Waals surface area contributed by atoms with Gasteiger partial charge in [-0.3, -0.25) is 9.69 Å². The van der Waals surface area contributed by atoms with Crippen LogP contribution in [0, 0.1) is 0 Å². The van der Waals surface area contributed by atoms with Crippen LogP contribution in [0.5, 0.6) is 11.5 Å². The maximum Gasteiger partial charge on any atom is 0.573 e. The summed E-state index contributed by atoms with van der Waals surface area (Å²) in [6.07, 6.45) is -5.99. The first-order valence-corrected chi connectivity index (χ1v) is 10.4. The molecule has 0 aromatic heterocycles. The second-order valence-corrected chi connectivity index (χ2v) is 8.63. The topological polar surface area (TPSA) is 62.2 Å². The van der Waals surface area contributed by atoms with E-state index in [0.29, 0.717) is 30.9 Å². The number of amides is 1. The molecule has 1 fully saturated rings. The largest absolute Gasteiger partial charge is 0.573 e. The summed E-state index contributed by atoms with van der Waals surface area (Å²) < 4.78 is 48.1. The molecule has 0 saturated carbocycles. The highest BCUT2D eigenvalue weighted by atomic mass is 19.4. The Hall–Kier alpha value is -2.78. The number of carbonyl (C=O) groups excluding carboxylic acids is 1. The fourth-order valence-electron chi connectivity index (χ4n) is 4.29. The van der Waals surface area contributed by atoms with Crippen molar-refractivity contribution in [3.05, 3.63) is 59.7 Å². The van der Waals surface area contributed by atoms with Gasteiger partial charge in [0.05, 0.1) is 12.6 Å². The third kappa shape index (κ3) is 4.68. The Morgan fingerprint density at radius 1 is 1.16 bits per heavy atom. The predicted molar refractivity (Wildman–Crippen MR) is 110 cm³/mol. The molecule has 0 unspecified atom stereocenters. The molecule has 2 heterocycles. The molecule has 172 valence electrons. The molecule has 2 atom stereocenters. The molecule has 0 bridgehead atoms. The van der Waals surface area contributed by atoms with Gasteiger partial charge in [0.15, 0.2) is 0 Å². The van der Waals surface area contributed by atoms with Crippen molar-refractivity contribution < 1.29 is 32.5 Å². The van der Waals surface area contributed by atoms with E-state index >= 15 is 0 Å². The molecular weight excluding hydrogens is 425 g/mol. The number of aliphatic hydroxyl groups is 1. The number of benzene rings is 2. The molecule has 2 aromatic carbocycles. The number of halogens is 3. The van der Waals surface area contributed by atoms with Gasteiger partial charge >= 0.3 is 6.36 Å². The van der Waals surface area contributed by atoms with Crippen LogP contribution >= 0.6 is 0 Å². The second-order valence-electron chi connectivity index (χ2n) is 8.63. The fourth-order valence-corrected chi connectivity index (χ4v) is 4.29. The summed E-state index contributed by atoms with van der Waals surface area (Å²) in [6.45, 7) is 5.02. The number of ether oxygens (including phenoxy) is 2. The predicted octanol–water partition coefficient (Wildman–Crippen LogP) is 3.50. The molecule has 2 aromatic rings. The van der Waals surface area contributed by atoms with Gasteiger partial charge in [0.1, 0.15) is 23.2 Å². The van der Waals surface area contributed by atoms with Crippen molar-refractivity contribution in [3.63, 3.8) is 0 Å². The lowest BCUT2D eigenvalue weighted by atomic mass is 9.85. The molecule has 0 radical (unpaired) electrons. The summed E-state index contributed by atoms with van der Waals surface area (Å²) in [5.41, 5.74) is 0.342. The van der Waals surface area contributed by atoms with E-state index in [1.165, 1.54) is 17.0 Å². The Balaban J connectivity index is 1.59. The molecule has 0 spiro atoms. The van der Waals surface area contributed by atoms with Crippen LogP contribution in [0.15, 0.2) is 48.5 Å². The van der Waals surface area contributed by atoms with Crippen molar-refractivity contribution in [2.75, 3.05) is 19.6 Å². The Labute approximate surface area is 184 Å². The van der Waals surface area contributed by atoms with E-state index in [-0.39, 0.29) is 12.5 Å². The molecular formula is C23H25F3N2O4. The highest BCUT2D eigenvalue weighted by molar-refractivity contribution is 5.80. The summed E-state index contributed by atoms with van der Waals surface area (Å²) in [5.74, 6) is -0.312. The molecule has 1 amide bonds.